The third-order valence-electron chi connectivity index (χ3n) is 2.91. The van der Waals surface area contributed by atoms with Gasteiger partial charge in [0.1, 0.15) is 0 Å². The van der Waals surface area contributed by atoms with E-state index >= 15 is 0 Å². The molecule has 0 saturated heterocycles. The molecule has 16 heavy (non-hydrogen) atoms. The maximum Gasteiger partial charge on any atom is 0.0620 e. The van der Waals surface area contributed by atoms with E-state index in [9.17, 15) is 0 Å². The van der Waals surface area contributed by atoms with E-state index in [-0.39, 0.29) is 0 Å². The molecule has 0 unspecified atom stereocenters. The topological polar surface area (TPSA) is 29.3 Å². The van der Waals surface area contributed by atoms with Crippen LogP contribution in [-0.2, 0) is 6.42 Å². The number of hydrogen-bond donors (Lipinski definition) is 2. The quantitative estimate of drug-likeness (QED) is 0.466. The third kappa shape index (κ3) is 1.88. The number of nitrogens with zero attached hydrogens (tertiary/aromatic N) is 1. The van der Waals surface area contributed by atoms with Crippen molar-refractivity contribution in [1.82, 2.24) is 5.01 Å². The van der Waals surface area contributed by atoms with Gasteiger partial charge in [-0.2, -0.15) is 0 Å². The van der Waals surface area contributed by atoms with E-state index in [0.29, 0.717) is 0 Å². The number of hydrogen-bond acceptors (Lipinski definition) is 3. The van der Waals surface area contributed by atoms with Gasteiger partial charge in [-0.1, -0.05) is 18.7 Å². The molecule has 0 atom stereocenters. The van der Waals surface area contributed by atoms with E-state index in [1.807, 2.05) is 19.2 Å². The predicted octanol–water partition coefficient (Wildman–Crippen LogP) is 2.62. The number of nitrogens with two attached hydrogens (primary N) is 1. The highest BCUT2D eigenvalue weighted by Crippen LogP contribution is 2.33. The Bertz CT molecular complexity index is 461. The minimum absolute atomic E-state index is 0.991. The Morgan fingerprint density at radius 3 is 2.81 bits per heavy atom. The first-order valence-electron chi connectivity index (χ1n) is 5.29. The van der Waals surface area contributed by atoms with Gasteiger partial charge in [0.25, 0.3) is 0 Å². The molecule has 3 heteroatoms. The molecule has 0 radical (unpaired) electrons. The van der Waals surface area contributed by atoms with Gasteiger partial charge in [0.05, 0.1) is 5.70 Å². The zero-order valence-corrected chi connectivity index (χ0v) is 10.3. The Hall–Kier alpha value is -1.19. The zero-order chi connectivity index (χ0) is 11.7. The largest absolute Gasteiger partial charge is 0.313 e. The Kier molecular flexibility index (Phi) is 3.08. The molecule has 0 heterocycles. The average Bonchev–Trinajstić information content (AvgIpc) is 2.26. The average molecular weight is 232 g/mol. The van der Waals surface area contributed by atoms with Crippen LogP contribution in [0.3, 0.4) is 0 Å². The third-order valence-corrected chi connectivity index (χ3v) is 3.19. The number of rotatable bonds is 2. The van der Waals surface area contributed by atoms with E-state index < -0.39 is 0 Å². The van der Waals surface area contributed by atoms with Crippen LogP contribution in [0.5, 0.6) is 0 Å². The molecule has 2 N–H and O–H groups in total. The molecule has 0 aliphatic heterocycles. The highest BCUT2D eigenvalue weighted by Gasteiger charge is 2.19. The fourth-order valence-electron chi connectivity index (χ4n) is 2.19. The lowest BCUT2D eigenvalue weighted by Crippen LogP contribution is -2.27. The molecule has 1 aromatic rings. The SMILES string of the molecule is C=CC1=C(N(C)N)c2ccc(S)cc2CC1. The van der Waals surface area contributed by atoms with Crippen molar-refractivity contribution < 1.29 is 0 Å². The number of thiol groups is 1. The Balaban J connectivity index is 2.61. The predicted molar refractivity (Wildman–Crippen MR) is 71.1 cm³/mol. The molecule has 1 aliphatic rings. The molecule has 2 rings (SSSR count). The molecular formula is C13H16N2S. The molecule has 2 nitrogen and oxygen atoms in total. The van der Waals surface area contributed by atoms with Crippen LogP contribution in [0.15, 0.2) is 41.3 Å². The van der Waals surface area contributed by atoms with Crippen molar-refractivity contribution in [3.8, 4) is 0 Å². The van der Waals surface area contributed by atoms with E-state index in [2.05, 4.69) is 31.3 Å². The van der Waals surface area contributed by atoms with Crippen molar-refractivity contribution in [2.45, 2.75) is 17.7 Å². The minimum atomic E-state index is 0.991. The first-order valence-corrected chi connectivity index (χ1v) is 5.74. The first-order chi connectivity index (χ1) is 7.63. The summed E-state index contributed by atoms with van der Waals surface area (Å²) in [6.07, 6.45) is 3.92. The van der Waals surface area contributed by atoms with Crippen LogP contribution in [0, 0.1) is 0 Å². The van der Waals surface area contributed by atoms with Gasteiger partial charge in [0, 0.05) is 17.5 Å². The van der Waals surface area contributed by atoms with E-state index in [0.717, 1.165) is 23.4 Å². The van der Waals surface area contributed by atoms with Crippen molar-refractivity contribution >= 4 is 18.3 Å². The summed E-state index contributed by atoms with van der Waals surface area (Å²) >= 11 is 4.36. The summed E-state index contributed by atoms with van der Waals surface area (Å²) in [5.74, 6) is 5.89. The Morgan fingerprint density at radius 1 is 1.44 bits per heavy atom. The number of fused-ring (bicyclic) bond motifs is 1. The van der Waals surface area contributed by atoms with Crippen molar-refractivity contribution in [3.05, 3.63) is 47.6 Å². The second-order valence-corrected chi connectivity index (χ2v) is 4.55. The zero-order valence-electron chi connectivity index (χ0n) is 9.40. The van der Waals surface area contributed by atoms with Crippen LogP contribution in [-0.4, -0.2) is 12.1 Å². The molecule has 84 valence electrons. The van der Waals surface area contributed by atoms with Crippen molar-refractivity contribution in [3.63, 3.8) is 0 Å². The maximum absolute atomic E-state index is 5.89. The van der Waals surface area contributed by atoms with Gasteiger partial charge in [-0.15, -0.1) is 12.6 Å². The normalized spacial score (nSPS) is 14.7. The second kappa shape index (κ2) is 4.36. The smallest absolute Gasteiger partial charge is 0.0620 e. The van der Waals surface area contributed by atoms with E-state index in [1.165, 1.54) is 16.7 Å². The monoisotopic (exact) mass is 232 g/mol. The fraction of sp³-hybridized carbons (Fsp3) is 0.231. The van der Waals surface area contributed by atoms with E-state index in [1.54, 1.807) is 5.01 Å². The van der Waals surface area contributed by atoms with Gasteiger partial charge in [-0.05, 0) is 36.1 Å². The van der Waals surface area contributed by atoms with Crippen LogP contribution < -0.4 is 5.84 Å². The van der Waals surface area contributed by atoms with Crippen LogP contribution in [0.2, 0.25) is 0 Å². The maximum atomic E-state index is 5.89. The summed E-state index contributed by atoms with van der Waals surface area (Å²) in [4.78, 5) is 1.000. The van der Waals surface area contributed by atoms with Gasteiger partial charge >= 0.3 is 0 Å². The summed E-state index contributed by atoms with van der Waals surface area (Å²) in [5.41, 5.74) is 4.79. The number of benzene rings is 1. The Labute approximate surface area is 102 Å². The number of allylic oxidation sites excluding steroid dienone is 2. The van der Waals surface area contributed by atoms with Gasteiger partial charge < -0.3 is 5.01 Å². The molecule has 0 saturated carbocycles. The van der Waals surface area contributed by atoms with Gasteiger partial charge in [-0.25, -0.2) is 5.84 Å². The van der Waals surface area contributed by atoms with Crippen LogP contribution >= 0.6 is 12.6 Å². The fourth-order valence-corrected chi connectivity index (χ4v) is 2.42. The highest BCUT2D eigenvalue weighted by atomic mass is 32.1. The standard InChI is InChI=1S/C13H16N2S/c1-3-9-4-5-10-8-11(16)6-7-12(10)13(9)15(2)14/h3,6-8,16H,1,4-5,14H2,2H3. The lowest BCUT2D eigenvalue weighted by Gasteiger charge is -2.27. The summed E-state index contributed by atoms with van der Waals surface area (Å²) < 4.78 is 0. The summed E-state index contributed by atoms with van der Waals surface area (Å²) in [6, 6.07) is 6.19. The summed E-state index contributed by atoms with van der Waals surface area (Å²) in [5, 5.41) is 1.67. The van der Waals surface area contributed by atoms with E-state index in [4.69, 9.17) is 5.84 Å². The molecule has 0 amide bonds. The molecule has 1 aliphatic carbocycles. The lowest BCUT2D eigenvalue weighted by atomic mass is 9.89. The van der Waals surface area contributed by atoms with Crippen LogP contribution in [0.25, 0.3) is 5.70 Å². The van der Waals surface area contributed by atoms with Gasteiger partial charge in [0.2, 0.25) is 0 Å². The second-order valence-electron chi connectivity index (χ2n) is 4.03. The summed E-state index contributed by atoms with van der Waals surface area (Å²) in [6.45, 7) is 3.85. The van der Waals surface area contributed by atoms with Crippen molar-refractivity contribution in [2.75, 3.05) is 7.05 Å². The van der Waals surface area contributed by atoms with Crippen LogP contribution in [0.1, 0.15) is 17.5 Å². The molecule has 0 bridgehead atoms. The molecule has 0 aromatic heterocycles. The molecular weight excluding hydrogens is 216 g/mol. The molecule has 1 aromatic carbocycles. The van der Waals surface area contributed by atoms with Crippen molar-refractivity contribution in [2.24, 2.45) is 5.84 Å². The summed E-state index contributed by atoms with van der Waals surface area (Å²) in [7, 11) is 1.86. The van der Waals surface area contributed by atoms with Crippen LogP contribution in [0.4, 0.5) is 0 Å². The highest BCUT2D eigenvalue weighted by molar-refractivity contribution is 7.80. The Morgan fingerprint density at radius 2 is 2.19 bits per heavy atom. The molecule has 0 fully saturated rings. The number of aryl methyl sites for hydroxylation is 1. The molecule has 0 spiro atoms. The lowest BCUT2D eigenvalue weighted by molar-refractivity contribution is 0.503. The van der Waals surface area contributed by atoms with Gasteiger partial charge in [0.15, 0.2) is 0 Å². The minimum Gasteiger partial charge on any atom is -0.313 e. The van der Waals surface area contributed by atoms with Crippen molar-refractivity contribution in [1.29, 1.82) is 0 Å². The number of hydrazine groups is 1. The van der Waals surface area contributed by atoms with Gasteiger partial charge in [-0.3, -0.25) is 0 Å². The first kappa shape index (κ1) is 11.3.